The van der Waals surface area contributed by atoms with Crippen molar-refractivity contribution in [1.82, 2.24) is 20.5 Å². The van der Waals surface area contributed by atoms with Crippen LogP contribution in [0.3, 0.4) is 0 Å². The number of hydrogen-bond donors (Lipinski definition) is 1. The summed E-state index contributed by atoms with van der Waals surface area (Å²) in [4.78, 5) is 4.38. The van der Waals surface area contributed by atoms with Gasteiger partial charge in [-0.3, -0.25) is 4.98 Å². The summed E-state index contributed by atoms with van der Waals surface area (Å²) < 4.78 is 5.59. The highest BCUT2D eigenvalue weighted by Crippen LogP contribution is 2.20. The lowest BCUT2D eigenvalue weighted by molar-refractivity contribution is 0.499. The van der Waals surface area contributed by atoms with Crippen LogP contribution in [0.2, 0.25) is 0 Å². The summed E-state index contributed by atoms with van der Waals surface area (Å²) in [5.41, 5.74) is 2.80. The molecule has 0 radical (unpaired) electrons. The molecular formula is C12H16N4O. The van der Waals surface area contributed by atoms with Gasteiger partial charge in [0.05, 0.1) is 11.3 Å². The van der Waals surface area contributed by atoms with Gasteiger partial charge in [0.25, 0.3) is 0 Å². The molecule has 0 bridgehead atoms. The van der Waals surface area contributed by atoms with Crippen molar-refractivity contribution in [3.05, 3.63) is 29.4 Å². The predicted molar refractivity (Wildman–Crippen MR) is 64.6 cm³/mol. The number of hydrogen-bond acceptors (Lipinski definition) is 5. The lowest BCUT2D eigenvalue weighted by Crippen LogP contribution is -2.10. The van der Waals surface area contributed by atoms with Gasteiger partial charge in [0.2, 0.25) is 11.8 Å². The molecule has 0 amide bonds. The average molecular weight is 232 g/mol. The Morgan fingerprint density at radius 1 is 1.24 bits per heavy atom. The molecule has 5 heteroatoms. The molecule has 0 aromatic carbocycles. The molecule has 17 heavy (non-hydrogen) atoms. The van der Waals surface area contributed by atoms with E-state index in [0.717, 1.165) is 29.9 Å². The maximum Gasteiger partial charge on any atom is 0.249 e. The smallest absolute Gasteiger partial charge is 0.249 e. The third-order valence-corrected chi connectivity index (χ3v) is 2.51. The third-order valence-electron chi connectivity index (χ3n) is 2.51. The average Bonchev–Trinajstić information content (AvgIpc) is 2.75. The molecular weight excluding hydrogens is 216 g/mol. The molecule has 0 unspecified atom stereocenters. The molecule has 0 saturated heterocycles. The monoisotopic (exact) mass is 232 g/mol. The maximum atomic E-state index is 5.59. The van der Waals surface area contributed by atoms with Crippen LogP contribution in [-0.4, -0.2) is 28.8 Å². The minimum Gasteiger partial charge on any atom is -0.421 e. The summed E-state index contributed by atoms with van der Waals surface area (Å²) in [5, 5.41) is 11.1. The van der Waals surface area contributed by atoms with E-state index in [2.05, 4.69) is 20.5 Å². The van der Waals surface area contributed by atoms with Crippen LogP contribution in [0.4, 0.5) is 0 Å². The number of nitrogens with zero attached hydrogens (tertiary/aromatic N) is 3. The van der Waals surface area contributed by atoms with E-state index in [0.29, 0.717) is 11.8 Å². The van der Waals surface area contributed by atoms with Gasteiger partial charge in [0.15, 0.2) is 0 Å². The van der Waals surface area contributed by atoms with Gasteiger partial charge in [0, 0.05) is 18.7 Å². The molecule has 0 fully saturated rings. The van der Waals surface area contributed by atoms with Gasteiger partial charge >= 0.3 is 0 Å². The van der Waals surface area contributed by atoms with E-state index >= 15 is 0 Å². The van der Waals surface area contributed by atoms with Crippen LogP contribution in [0.1, 0.15) is 17.3 Å². The number of nitrogens with one attached hydrogen (secondary N) is 1. The molecule has 0 aliphatic rings. The van der Waals surface area contributed by atoms with E-state index in [1.807, 2.05) is 33.0 Å². The highest BCUT2D eigenvalue weighted by atomic mass is 16.4. The van der Waals surface area contributed by atoms with Crippen molar-refractivity contribution < 1.29 is 4.42 Å². The predicted octanol–water partition coefficient (Wildman–Crippen LogP) is 1.51. The second-order valence-electron chi connectivity index (χ2n) is 3.94. The Balaban J connectivity index is 2.24. The van der Waals surface area contributed by atoms with E-state index in [4.69, 9.17) is 4.42 Å². The van der Waals surface area contributed by atoms with Crippen LogP contribution in [0.5, 0.6) is 0 Å². The van der Waals surface area contributed by atoms with Gasteiger partial charge in [-0.15, -0.1) is 10.2 Å². The zero-order valence-electron chi connectivity index (χ0n) is 10.3. The van der Waals surface area contributed by atoms with Gasteiger partial charge in [-0.1, -0.05) is 0 Å². The van der Waals surface area contributed by atoms with Crippen molar-refractivity contribution >= 4 is 0 Å². The van der Waals surface area contributed by atoms with E-state index in [9.17, 15) is 0 Å². The van der Waals surface area contributed by atoms with Gasteiger partial charge in [-0.2, -0.15) is 0 Å². The van der Waals surface area contributed by atoms with Gasteiger partial charge in [-0.25, -0.2) is 0 Å². The van der Waals surface area contributed by atoms with Crippen molar-refractivity contribution in [2.75, 3.05) is 13.6 Å². The van der Waals surface area contributed by atoms with Crippen molar-refractivity contribution in [2.45, 2.75) is 20.3 Å². The molecule has 2 aromatic rings. The SMILES string of the molecule is CNCCc1nnc(-c2ccc(C)nc2C)o1. The van der Waals surface area contributed by atoms with Crippen LogP contribution in [0.15, 0.2) is 16.5 Å². The first kappa shape index (κ1) is 11.7. The molecule has 90 valence electrons. The second-order valence-corrected chi connectivity index (χ2v) is 3.94. The zero-order chi connectivity index (χ0) is 12.3. The largest absolute Gasteiger partial charge is 0.421 e. The Bertz CT molecular complexity index is 507. The molecule has 0 atom stereocenters. The zero-order valence-corrected chi connectivity index (χ0v) is 10.3. The Hall–Kier alpha value is -1.75. The van der Waals surface area contributed by atoms with Gasteiger partial charge in [-0.05, 0) is 33.0 Å². The summed E-state index contributed by atoms with van der Waals surface area (Å²) in [6, 6.07) is 3.91. The molecule has 2 aromatic heterocycles. The van der Waals surface area contributed by atoms with E-state index in [-0.39, 0.29) is 0 Å². The normalized spacial score (nSPS) is 10.8. The first-order valence-electron chi connectivity index (χ1n) is 5.62. The standard InChI is InChI=1S/C12H16N4O/c1-8-4-5-10(9(2)14-8)12-16-15-11(17-12)6-7-13-3/h4-5,13H,6-7H2,1-3H3. The maximum absolute atomic E-state index is 5.59. The highest BCUT2D eigenvalue weighted by Gasteiger charge is 2.11. The molecule has 0 spiro atoms. The number of aryl methyl sites for hydroxylation is 2. The van der Waals surface area contributed by atoms with Crippen LogP contribution in [-0.2, 0) is 6.42 Å². The minimum atomic E-state index is 0.543. The quantitative estimate of drug-likeness (QED) is 0.865. The van der Waals surface area contributed by atoms with Crippen LogP contribution in [0, 0.1) is 13.8 Å². The first-order chi connectivity index (χ1) is 8.20. The first-order valence-corrected chi connectivity index (χ1v) is 5.62. The van der Waals surface area contributed by atoms with E-state index < -0.39 is 0 Å². The van der Waals surface area contributed by atoms with Crippen molar-refractivity contribution in [1.29, 1.82) is 0 Å². The summed E-state index contributed by atoms with van der Waals surface area (Å²) in [7, 11) is 1.89. The fourth-order valence-electron chi connectivity index (χ4n) is 1.61. The summed E-state index contributed by atoms with van der Waals surface area (Å²) in [6.45, 7) is 4.73. The second kappa shape index (κ2) is 5.05. The fourth-order valence-corrected chi connectivity index (χ4v) is 1.61. The minimum absolute atomic E-state index is 0.543. The highest BCUT2D eigenvalue weighted by molar-refractivity contribution is 5.55. The Kier molecular flexibility index (Phi) is 3.49. The molecule has 5 nitrogen and oxygen atoms in total. The lowest BCUT2D eigenvalue weighted by Gasteiger charge is -2.00. The topological polar surface area (TPSA) is 63.8 Å². The number of likely N-dealkylation sites (N-methyl/N-ethyl adjacent to an activating group) is 1. The van der Waals surface area contributed by atoms with E-state index in [1.54, 1.807) is 0 Å². The van der Waals surface area contributed by atoms with Gasteiger partial charge in [0.1, 0.15) is 0 Å². The van der Waals surface area contributed by atoms with Crippen molar-refractivity contribution in [3.63, 3.8) is 0 Å². The van der Waals surface area contributed by atoms with Crippen molar-refractivity contribution in [3.8, 4) is 11.5 Å². The number of pyridine rings is 1. The Morgan fingerprint density at radius 3 is 2.76 bits per heavy atom. The molecule has 2 rings (SSSR count). The van der Waals surface area contributed by atoms with Gasteiger partial charge < -0.3 is 9.73 Å². The lowest BCUT2D eigenvalue weighted by atomic mass is 10.2. The summed E-state index contributed by atoms with van der Waals surface area (Å²) in [6.07, 6.45) is 0.738. The number of rotatable bonds is 4. The third kappa shape index (κ3) is 2.68. The molecule has 0 aliphatic carbocycles. The van der Waals surface area contributed by atoms with Crippen LogP contribution in [0.25, 0.3) is 11.5 Å². The van der Waals surface area contributed by atoms with Crippen molar-refractivity contribution in [2.24, 2.45) is 0 Å². The molecule has 0 saturated carbocycles. The summed E-state index contributed by atoms with van der Waals surface area (Å²) in [5.74, 6) is 1.19. The van der Waals surface area contributed by atoms with E-state index in [1.165, 1.54) is 0 Å². The summed E-state index contributed by atoms with van der Waals surface area (Å²) >= 11 is 0. The van der Waals surface area contributed by atoms with Crippen LogP contribution < -0.4 is 5.32 Å². The number of aromatic nitrogens is 3. The fraction of sp³-hybridized carbons (Fsp3) is 0.417. The molecule has 0 aliphatic heterocycles. The molecule has 2 heterocycles. The Morgan fingerprint density at radius 2 is 2.06 bits per heavy atom. The molecule has 1 N–H and O–H groups in total. The Labute approximate surface area is 100 Å². The van der Waals surface area contributed by atoms with Crippen LogP contribution >= 0.6 is 0 Å².